The number of hydrogen-bond acceptors (Lipinski definition) is 2. The lowest BCUT2D eigenvalue weighted by molar-refractivity contribution is 0.222. The van der Waals surface area contributed by atoms with E-state index in [1.54, 1.807) is 0 Å². The SMILES string of the molecule is CC(C)(C)c1ccc(N2B3c4cc5c(cc4-n4c6cc7c(cc6c6c8c(c(c3c64)-c3cc4c(cc32)C(C)(C)c2ccccc2-4)C(C)(C)c2ccccc2-8)C(C)(C)CCC7(C)C)C(c2ccccc2)C(c2ccccc2)O5)cc1. The molecule has 0 radical (unpaired) electrons. The molecule has 0 saturated heterocycles. The van der Waals surface area contributed by atoms with Gasteiger partial charge in [-0.2, -0.15) is 0 Å². The van der Waals surface area contributed by atoms with Crippen LogP contribution in [0.4, 0.5) is 11.4 Å². The Labute approximate surface area is 461 Å². The van der Waals surface area contributed by atoms with Crippen LogP contribution in [0.15, 0.2) is 170 Å². The van der Waals surface area contributed by atoms with Gasteiger partial charge in [0.05, 0.1) is 17.0 Å². The van der Waals surface area contributed by atoms with Crippen molar-refractivity contribution < 1.29 is 4.74 Å². The standard InChI is InChI=1S/C74H67BN2O/c1-70(2,3)44-30-32-45(33-31-44)77-59-39-54-48(46-26-18-20-28-52(46)73(54,8)9)36-49(59)65-66-63(47-27-19-21-29-53(47)74(66,10)11)64-50-37-55-56(72(6,7)35-34-71(55,4)5)40-58(50)76-60-38-51-61(41-57(60)75(77)67(65)68(64)76)78-69(43-24-16-13-17-25-43)62(51)42-22-14-12-15-23-42/h12-33,36-41,62,69H,34-35H2,1-11H3. The molecule has 0 bridgehead atoms. The fourth-order valence-electron chi connectivity index (χ4n) is 16.2. The Morgan fingerprint density at radius 1 is 0.526 bits per heavy atom. The van der Waals surface area contributed by atoms with E-state index in [0.29, 0.717) is 0 Å². The van der Waals surface area contributed by atoms with Crippen molar-refractivity contribution in [2.75, 3.05) is 4.81 Å². The second kappa shape index (κ2) is 15.2. The summed E-state index contributed by atoms with van der Waals surface area (Å²) in [6, 6.07) is 66.1. The van der Waals surface area contributed by atoms with Crippen molar-refractivity contribution in [3.8, 4) is 44.8 Å². The Morgan fingerprint density at radius 3 is 1.82 bits per heavy atom. The topological polar surface area (TPSA) is 17.4 Å². The minimum absolute atomic E-state index is 0.00197. The Kier molecular flexibility index (Phi) is 9.05. The van der Waals surface area contributed by atoms with E-state index >= 15 is 0 Å². The summed E-state index contributed by atoms with van der Waals surface area (Å²) >= 11 is 0. The summed E-state index contributed by atoms with van der Waals surface area (Å²) in [5.41, 5.74) is 30.4. The normalized spacial score (nSPS) is 19.6. The van der Waals surface area contributed by atoms with Crippen LogP contribution in [0.5, 0.6) is 5.75 Å². The third-order valence-corrected chi connectivity index (χ3v) is 20.4. The predicted molar refractivity (Wildman–Crippen MR) is 327 cm³/mol. The first kappa shape index (κ1) is 46.5. The molecule has 0 N–H and O–H groups in total. The third-order valence-electron chi connectivity index (χ3n) is 20.4. The molecular weight excluding hydrogens is 944 g/mol. The molecule has 3 nitrogen and oxygen atoms in total. The molecule has 2 unspecified atom stereocenters. The van der Waals surface area contributed by atoms with Gasteiger partial charge in [-0.3, -0.25) is 0 Å². The second-order valence-corrected chi connectivity index (χ2v) is 27.4. The van der Waals surface area contributed by atoms with E-state index in [4.69, 9.17) is 4.74 Å². The van der Waals surface area contributed by atoms with E-state index in [1.165, 1.54) is 139 Å². The zero-order valence-corrected chi connectivity index (χ0v) is 47.1. The molecule has 0 fully saturated rings. The summed E-state index contributed by atoms with van der Waals surface area (Å²) in [7, 11) is 0. The average molecular weight is 1010 g/mol. The molecule has 0 amide bonds. The molecule has 3 aliphatic carbocycles. The maximum Gasteiger partial charge on any atom is 0.333 e. The predicted octanol–water partition coefficient (Wildman–Crippen LogP) is 17.5. The molecule has 2 atom stereocenters. The number of anilines is 2. The maximum atomic E-state index is 7.53. The zero-order chi connectivity index (χ0) is 53.3. The summed E-state index contributed by atoms with van der Waals surface area (Å²) in [6.45, 7) is 26.7. The molecule has 1 aromatic heterocycles. The highest BCUT2D eigenvalue weighted by Crippen LogP contribution is 2.62. The van der Waals surface area contributed by atoms with Crippen molar-refractivity contribution in [3.05, 3.63) is 225 Å². The summed E-state index contributed by atoms with van der Waals surface area (Å²) in [5.74, 6) is 0.964. The third kappa shape index (κ3) is 5.91. The molecule has 382 valence electrons. The highest BCUT2D eigenvalue weighted by Gasteiger charge is 2.53. The van der Waals surface area contributed by atoms with Gasteiger partial charge in [0, 0.05) is 49.8 Å². The number of benzene rings is 9. The van der Waals surface area contributed by atoms with Gasteiger partial charge in [0.2, 0.25) is 0 Å². The lowest BCUT2D eigenvalue weighted by Gasteiger charge is -2.44. The maximum absolute atomic E-state index is 7.53. The highest BCUT2D eigenvalue weighted by atomic mass is 16.5. The van der Waals surface area contributed by atoms with Crippen LogP contribution in [0.1, 0.15) is 157 Å². The molecular formula is C74H67BN2O. The molecule has 9 aromatic carbocycles. The minimum atomic E-state index is -0.308. The van der Waals surface area contributed by atoms with E-state index in [2.05, 4.69) is 255 Å². The van der Waals surface area contributed by atoms with Crippen molar-refractivity contribution in [2.24, 2.45) is 0 Å². The number of fused-ring (bicyclic) bond motifs is 18. The monoisotopic (exact) mass is 1010 g/mol. The lowest BCUT2D eigenvalue weighted by atomic mass is 9.43. The summed E-state index contributed by atoms with van der Waals surface area (Å²) < 4.78 is 10.3. The second-order valence-electron chi connectivity index (χ2n) is 27.4. The quantitative estimate of drug-likeness (QED) is 0.164. The van der Waals surface area contributed by atoms with Crippen LogP contribution in [-0.2, 0) is 27.1 Å². The van der Waals surface area contributed by atoms with E-state index in [0.717, 1.165) is 18.6 Å². The Hall–Kier alpha value is -7.56. The van der Waals surface area contributed by atoms with E-state index in [9.17, 15) is 0 Å². The fourth-order valence-corrected chi connectivity index (χ4v) is 16.2. The van der Waals surface area contributed by atoms with Gasteiger partial charge in [-0.05, 0) is 166 Å². The van der Waals surface area contributed by atoms with Crippen LogP contribution < -0.4 is 20.5 Å². The molecule has 0 saturated carbocycles. The summed E-state index contributed by atoms with van der Waals surface area (Å²) in [6.07, 6.45) is 2.12. The summed E-state index contributed by atoms with van der Waals surface area (Å²) in [4.78, 5) is 2.77. The van der Waals surface area contributed by atoms with Crippen molar-refractivity contribution in [1.82, 2.24) is 4.57 Å². The zero-order valence-electron chi connectivity index (χ0n) is 47.1. The van der Waals surface area contributed by atoms with E-state index in [1.807, 2.05) is 0 Å². The Morgan fingerprint density at radius 2 is 1.14 bits per heavy atom. The van der Waals surface area contributed by atoms with Crippen LogP contribution >= 0.6 is 0 Å². The van der Waals surface area contributed by atoms with E-state index < -0.39 is 0 Å². The number of aromatic nitrogens is 1. The fraction of sp³-hybridized carbons (Fsp3) is 0.270. The van der Waals surface area contributed by atoms with Crippen molar-refractivity contribution in [2.45, 2.75) is 128 Å². The first-order valence-corrected chi connectivity index (χ1v) is 28.8. The van der Waals surface area contributed by atoms with Crippen LogP contribution in [0, 0.1) is 0 Å². The molecule has 4 heterocycles. The average Bonchev–Trinajstić information content (AvgIpc) is 3.96. The largest absolute Gasteiger partial charge is 0.484 e. The molecule has 10 aromatic rings. The van der Waals surface area contributed by atoms with Gasteiger partial charge in [-0.1, -0.05) is 197 Å². The van der Waals surface area contributed by atoms with Crippen LogP contribution in [0.2, 0.25) is 0 Å². The van der Waals surface area contributed by atoms with Crippen LogP contribution in [0.3, 0.4) is 0 Å². The Balaban J connectivity index is 1.12. The van der Waals surface area contributed by atoms with Gasteiger partial charge in [-0.25, -0.2) is 0 Å². The Bertz CT molecular complexity index is 4280. The van der Waals surface area contributed by atoms with Crippen molar-refractivity contribution in [1.29, 1.82) is 0 Å². The summed E-state index contributed by atoms with van der Waals surface area (Å²) in [5, 5.41) is 2.76. The lowest BCUT2D eigenvalue weighted by Crippen LogP contribution is -2.61. The highest BCUT2D eigenvalue weighted by molar-refractivity contribution is 6.94. The van der Waals surface area contributed by atoms with Crippen LogP contribution in [-0.4, -0.2) is 11.4 Å². The number of hydrogen-bond donors (Lipinski definition) is 0. The molecule has 78 heavy (non-hydrogen) atoms. The van der Waals surface area contributed by atoms with Gasteiger partial charge < -0.3 is 14.1 Å². The molecule has 0 spiro atoms. The van der Waals surface area contributed by atoms with Gasteiger partial charge in [-0.15, -0.1) is 0 Å². The minimum Gasteiger partial charge on any atom is -0.484 e. The smallest absolute Gasteiger partial charge is 0.333 e. The molecule has 4 heteroatoms. The van der Waals surface area contributed by atoms with Crippen molar-refractivity contribution >= 4 is 51.0 Å². The van der Waals surface area contributed by atoms with Gasteiger partial charge in [0.1, 0.15) is 11.9 Å². The van der Waals surface area contributed by atoms with Gasteiger partial charge in [0.25, 0.3) is 0 Å². The van der Waals surface area contributed by atoms with Gasteiger partial charge >= 0.3 is 6.85 Å². The first-order chi connectivity index (χ1) is 37.3. The number of ether oxygens (including phenoxy) is 1. The molecule has 16 rings (SSSR count). The van der Waals surface area contributed by atoms with E-state index in [-0.39, 0.29) is 45.9 Å². The molecule has 6 aliphatic rings. The van der Waals surface area contributed by atoms with Crippen LogP contribution in [0.25, 0.3) is 60.9 Å². The number of rotatable bonds is 3. The first-order valence-electron chi connectivity index (χ1n) is 28.8. The van der Waals surface area contributed by atoms with Crippen molar-refractivity contribution in [3.63, 3.8) is 0 Å². The van der Waals surface area contributed by atoms with Gasteiger partial charge in [0.15, 0.2) is 0 Å². The number of nitrogens with zero attached hydrogens (tertiary/aromatic N) is 2. The molecule has 3 aliphatic heterocycles.